The van der Waals surface area contributed by atoms with Gasteiger partial charge in [0, 0.05) is 27.7 Å². The van der Waals surface area contributed by atoms with Crippen molar-refractivity contribution in [2.45, 2.75) is 55.7 Å². The van der Waals surface area contributed by atoms with Crippen LogP contribution in [0.25, 0.3) is 11.1 Å². The van der Waals surface area contributed by atoms with Crippen molar-refractivity contribution in [1.82, 2.24) is 0 Å². The second-order valence-corrected chi connectivity index (χ2v) is 15.3. The highest BCUT2D eigenvalue weighted by Gasteiger charge is 2.44. The first-order chi connectivity index (χ1) is 22.3. The molecule has 0 aliphatic heterocycles. The number of carbonyl (C=O) groups excluding carboxylic acids is 3. The number of Topliss-reactive ketones (excluding diaryl/α,β-unsaturated/α-hetero) is 2. The zero-order valence-corrected chi connectivity index (χ0v) is 28.5. The molecule has 0 spiro atoms. The molecular weight excluding hydrogens is 623 g/mol. The monoisotopic (exact) mass is 658 g/mol. The lowest BCUT2D eigenvalue weighted by atomic mass is 9.69. The van der Waals surface area contributed by atoms with Crippen LogP contribution in [-0.4, -0.2) is 27.1 Å². The molecular formula is C42H36Cl2O3. The standard InChI is InChI=1S/C42H36Cl2O3/c1-40(2,43)38(46)30-18-14-27(15-19-30)25-42(26-28-16-20-31(21-17-28)39(47)41(3,4)44)35-13-9-8-12-33(35)34-23-22-32(24-36(34)42)37(45)29-10-6-5-7-11-29/h5-24H,25-26H2,1-4H3. The van der Waals surface area contributed by atoms with E-state index < -0.39 is 15.2 Å². The Balaban J connectivity index is 1.50. The van der Waals surface area contributed by atoms with Crippen LogP contribution >= 0.6 is 23.2 Å². The minimum Gasteiger partial charge on any atom is -0.292 e. The summed E-state index contributed by atoms with van der Waals surface area (Å²) in [5.41, 5.74) is 8.41. The van der Waals surface area contributed by atoms with Crippen molar-refractivity contribution in [3.63, 3.8) is 0 Å². The van der Waals surface area contributed by atoms with E-state index in [9.17, 15) is 14.4 Å². The molecule has 0 unspecified atom stereocenters. The number of halogens is 2. The maximum atomic E-state index is 13.7. The summed E-state index contributed by atoms with van der Waals surface area (Å²) in [6.07, 6.45) is 1.24. The third kappa shape index (κ3) is 6.35. The SMILES string of the molecule is CC(C)(Cl)C(=O)c1ccc(CC2(Cc3ccc(C(=O)C(C)(C)Cl)cc3)c3ccccc3-c3ccc(C(=O)c4ccccc4)cc32)cc1. The fourth-order valence-corrected chi connectivity index (χ4v) is 6.95. The van der Waals surface area contributed by atoms with Gasteiger partial charge in [-0.25, -0.2) is 0 Å². The third-order valence-electron chi connectivity index (χ3n) is 9.09. The average molecular weight is 660 g/mol. The molecule has 236 valence electrons. The minimum absolute atomic E-state index is 0.0311. The number of fused-ring (bicyclic) bond motifs is 3. The molecule has 0 heterocycles. The Labute approximate surface area is 286 Å². The summed E-state index contributed by atoms with van der Waals surface area (Å²) in [4.78, 5) is 37.6. The second-order valence-electron chi connectivity index (χ2n) is 13.4. The van der Waals surface area contributed by atoms with Gasteiger partial charge in [-0.15, -0.1) is 23.2 Å². The first kappa shape index (κ1) is 32.6. The molecule has 5 heteroatoms. The number of alkyl halides is 2. The summed E-state index contributed by atoms with van der Waals surface area (Å²) < 4.78 is 0. The molecule has 0 bridgehead atoms. The summed E-state index contributed by atoms with van der Waals surface area (Å²) in [6, 6.07) is 39.2. The van der Waals surface area contributed by atoms with Gasteiger partial charge in [-0.1, -0.05) is 115 Å². The van der Waals surface area contributed by atoms with E-state index in [1.165, 1.54) is 5.56 Å². The van der Waals surface area contributed by atoms with Gasteiger partial charge in [0.05, 0.1) is 0 Å². The van der Waals surface area contributed by atoms with Gasteiger partial charge in [0.2, 0.25) is 0 Å². The molecule has 0 radical (unpaired) electrons. The molecule has 1 aliphatic rings. The third-order valence-corrected chi connectivity index (χ3v) is 9.43. The van der Waals surface area contributed by atoms with Crippen LogP contribution < -0.4 is 0 Å². The Bertz CT molecular complexity index is 1910. The van der Waals surface area contributed by atoms with Crippen LogP contribution in [0, 0.1) is 0 Å². The highest BCUT2D eigenvalue weighted by molar-refractivity contribution is 6.37. The molecule has 5 aromatic carbocycles. The van der Waals surface area contributed by atoms with E-state index in [-0.39, 0.29) is 17.3 Å². The van der Waals surface area contributed by atoms with Gasteiger partial charge in [0.1, 0.15) is 9.75 Å². The maximum Gasteiger partial charge on any atom is 0.193 e. The van der Waals surface area contributed by atoms with Gasteiger partial charge < -0.3 is 0 Å². The second kappa shape index (κ2) is 12.4. The Morgan fingerprint density at radius 1 is 0.511 bits per heavy atom. The lowest BCUT2D eigenvalue weighted by Gasteiger charge is -2.33. The fraction of sp³-hybridized carbons (Fsp3) is 0.214. The van der Waals surface area contributed by atoms with Gasteiger partial charge in [-0.05, 0) is 80.0 Å². The van der Waals surface area contributed by atoms with E-state index in [4.69, 9.17) is 23.2 Å². The lowest BCUT2D eigenvalue weighted by molar-refractivity contribution is 0.0947. The molecule has 0 N–H and O–H groups in total. The van der Waals surface area contributed by atoms with Crippen molar-refractivity contribution in [1.29, 1.82) is 0 Å². The topological polar surface area (TPSA) is 51.2 Å². The molecule has 0 aromatic heterocycles. The predicted octanol–water partition coefficient (Wildman–Crippen LogP) is 10.1. The number of hydrogen-bond acceptors (Lipinski definition) is 3. The zero-order chi connectivity index (χ0) is 33.6. The lowest BCUT2D eigenvalue weighted by Crippen LogP contribution is -2.31. The first-order valence-corrected chi connectivity index (χ1v) is 16.5. The Morgan fingerprint density at radius 2 is 0.957 bits per heavy atom. The predicted molar refractivity (Wildman–Crippen MR) is 191 cm³/mol. The van der Waals surface area contributed by atoms with E-state index >= 15 is 0 Å². The van der Waals surface area contributed by atoms with Gasteiger partial charge in [-0.2, -0.15) is 0 Å². The molecule has 3 nitrogen and oxygen atoms in total. The Morgan fingerprint density at radius 3 is 1.47 bits per heavy atom. The van der Waals surface area contributed by atoms with Crippen LogP contribution in [0.3, 0.4) is 0 Å². The highest BCUT2D eigenvalue weighted by atomic mass is 35.5. The van der Waals surface area contributed by atoms with Crippen LogP contribution in [0.2, 0.25) is 0 Å². The summed E-state index contributed by atoms with van der Waals surface area (Å²) in [5.74, 6) is -0.289. The molecule has 0 saturated carbocycles. The van der Waals surface area contributed by atoms with E-state index in [0.29, 0.717) is 35.1 Å². The molecule has 0 amide bonds. The first-order valence-electron chi connectivity index (χ1n) is 15.8. The normalized spacial score (nSPS) is 13.5. The maximum absolute atomic E-state index is 13.7. The molecule has 0 atom stereocenters. The average Bonchev–Trinajstić information content (AvgIpc) is 3.32. The van der Waals surface area contributed by atoms with E-state index in [1.54, 1.807) is 27.7 Å². The van der Waals surface area contributed by atoms with Crippen LogP contribution in [-0.2, 0) is 18.3 Å². The number of carbonyl (C=O) groups is 3. The number of rotatable bonds is 10. The number of hydrogen-bond donors (Lipinski definition) is 0. The van der Waals surface area contributed by atoms with E-state index in [0.717, 1.165) is 27.8 Å². The number of benzene rings is 5. The zero-order valence-electron chi connectivity index (χ0n) is 26.9. The van der Waals surface area contributed by atoms with Crippen LogP contribution in [0.15, 0.2) is 121 Å². The molecule has 5 aromatic rings. The van der Waals surface area contributed by atoms with Crippen molar-refractivity contribution in [2.24, 2.45) is 0 Å². The van der Waals surface area contributed by atoms with Gasteiger partial charge in [0.15, 0.2) is 17.3 Å². The van der Waals surface area contributed by atoms with Crippen molar-refractivity contribution < 1.29 is 14.4 Å². The van der Waals surface area contributed by atoms with Gasteiger partial charge in [0.25, 0.3) is 0 Å². The summed E-state index contributed by atoms with van der Waals surface area (Å²) >= 11 is 12.7. The van der Waals surface area contributed by atoms with Crippen molar-refractivity contribution in [3.8, 4) is 11.1 Å². The fourth-order valence-electron chi connectivity index (χ4n) is 6.73. The van der Waals surface area contributed by atoms with Gasteiger partial charge >= 0.3 is 0 Å². The molecule has 47 heavy (non-hydrogen) atoms. The van der Waals surface area contributed by atoms with Gasteiger partial charge in [-0.3, -0.25) is 14.4 Å². The summed E-state index contributed by atoms with van der Waals surface area (Å²) in [6.45, 7) is 6.81. The van der Waals surface area contributed by atoms with E-state index in [1.807, 2.05) is 91.0 Å². The minimum atomic E-state index is -1.00. The highest BCUT2D eigenvalue weighted by Crippen LogP contribution is 2.52. The Hall–Kier alpha value is -4.31. The molecule has 0 saturated heterocycles. The van der Waals surface area contributed by atoms with Crippen LogP contribution in [0.1, 0.15) is 86.6 Å². The summed E-state index contributed by atoms with van der Waals surface area (Å²) in [7, 11) is 0. The molecule has 1 aliphatic carbocycles. The quantitative estimate of drug-likeness (QED) is 0.111. The smallest absolute Gasteiger partial charge is 0.193 e. The largest absolute Gasteiger partial charge is 0.292 e. The Kier molecular flexibility index (Phi) is 8.59. The molecule has 0 fully saturated rings. The van der Waals surface area contributed by atoms with Crippen molar-refractivity contribution in [2.75, 3.05) is 0 Å². The van der Waals surface area contributed by atoms with Crippen LogP contribution in [0.5, 0.6) is 0 Å². The van der Waals surface area contributed by atoms with E-state index in [2.05, 4.69) is 30.3 Å². The van der Waals surface area contributed by atoms with Crippen LogP contribution in [0.4, 0.5) is 0 Å². The summed E-state index contributed by atoms with van der Waals surface area (Å²) in [5, 5.41) is 0. The van der Waals surface area contributed by atoms with Crippen molar-refractivity contribution in [3.05, 3.63) is 166 Å². The van der Waals surface area contributed by atoms with Crippen molar-refractivity contribution >= 4 is 40.6 Å². The molecule has 6 rings (SSSR count). The number of ketones is 3.